The van der Waals surface area contributed by atoms with Gasteiger partial charge in [0.05, 0.1) is 0 Å². The molecule has 0 amide bonds. The van der Waals surface area contributed by atoms with Gasteiger partial charge < -0.3 is 10.1 Å². The van der Waals surface area contributed by atoms with E-state index < -0.39 is 6.86 Å². The molecule has 0 saturated carbocycles. The molecule has 1 aromatic rings. The molecule has 66 valence electrons. The fourth-order valence-electron chi connectivity index (χ4n) is 1.04. The topological polar surface area (TPSA) is 21.3 Å². The van der Waals surface area contributed by atoms with Crippen LogP contribution in [0.1, 0.15) is 5.56 Å². The highest BCUT2D eigenvalue weighted by atomic mass is 19.1. The van der Waals surface area contributed by atoms with Crippen LogP contribution in [-0.2, 0) is 6.54 Å². The van der Waals surface area contributed by atoms with E-state index in [-0.39, 0.29) is 0 Å². The Hall–Kier alpha value is -1.09. The molecule has 0 saturated heterocycles. The minimum Gasteiger partial charge on any atom is -0.463 e. The van der Waals surface area contributed by atoms with E-state index in [0.29, 0.717) is 12.3 Å². The smallest absolute Gasteiger partial charge is 0.228 e. The fraction of sp³-hybridized carbons (Fsp3) is 0.333. The number of hydrogen-bond donors (Lipinski definition) is 1. The van der Waals surface area contributed by atoms with E-state index in [0.717, 1.165) is 5.56 Å². The van der Waals surface area contributed by atoms with Crippen molar-refractivity contribution in [2.45, 2.75) is 6.54 Å². The van der Waals surface area contributed by atoms with Crippen LogP contribution in [0.2, 0.25) is 0 Å². The van der Waals surface area contributed by atoms with Crippen molar-refractivity contribution >= 4 is 0 Å². The van der Waals surface area contributed by atoms with Crippen LogP contribution in [-0.4, -0.2) is 13.9 Å². The number of alkyl halides is 1. The second-order valence-electron chi connectivity index (χ2n) is 2.39. The Labute approximate surface area is 71.4 Å². The molecule has 0 radical (unpaired) electrons. The van der Waals surface area contributed by atoms with Crippen LogP contribution in [0.3, 0.4) is 0 Å². The SMILES string of the molecule is CNCc1ccccc1OCF. The number of rotatable bonds is 4. The van der Waals surface area contributed by atoms with E-state index in [4.69, 9.17) is 4.74 Å². The highest BCUT2D eigenvalue weighted by Crippen LogP contribution is 2.17. The first kappa shape index (κ1) is 9.00. The maximum Gasteiger partial charge on any atom is 0.228 e. The van der Waals surface area contributed by atoms with Gasteiger partial charge in [0.25, 0.3) is 0 Å². The highest BCUT2D eigenvalue weighted by Gasteiger charge is 1.99. The standard InChI is InChI=1S/C9H12FNO/c1-11-6-8-4-2-3-5-9(8)12-7-10/h2-5,11H,6-7H2,1H3. The molecule has 1 N–H and O–H groups in total. The van der Waals surface area contributed by atoms with E-state index in [2.05, 4.69) is 5.32 Å². The van der Waals surface area contributed by atoms with Gasteiger partial charge >= 0.3 is 0 Å². The second kappa shape index (κ2) is 4.72. The fourth-order valence-corrected chi connectivity index (χ4v) is 1.04. The van der Waals surface area contributed by atoms with Crippen molar-refractivity contribution in [1.82, 2.24) is 5.32 Å². The maximum absolute atomic E-state index is 11.9. The number of ether oxygens (including phenoxy) is 1. The number of halogens is 1. The zero-order chi connectivity index (χ0) is 8.81. The molecule has 0 aliphatic rings. The summed E-state index contributed by atoms with van der Waals surface area (Å²) >= 11 is 0. The summed E-state index contributed by atoms with van der Waals surface area (Å²) in [7, 11) is 1.84. The first-order chi connectivity index (χ1) is 5.88. The molecule has 0 aromatic heterocycles. The molecule has 3 heteroatoms. The second-order valence-corrected chi connectivity index (χ2v) is 2.39. The van der Waals surface area contributed by atoms with Gasteiger partial charge in [0.2, 0.25) is 6.86 Å². The predicted octanol–water partition coefficient (Wildman–Crippen LogP) is 1.71. The largest absolute Gasteiger partial charge is 0.463 e. The van der Waals surface area contributed by atoms with Gasteiger partial charge in [-0.25, -0.2) is 4.39 Å². The van der Waals surface area contributed by atoms with Crippen LogP contribution < -0.4 is 10.1 Å². The maximum atomic E-state index is 11.9. The quantitative estimate of drug-likeness (QED) is 0.740. The third kappa shape index (κ3) is 2.20. The first-order valence-corrected chi connectivity index (χ1v) is 3.79. The Balaban J connectivity index is 2.77. The molecule has 0 bridgehead atoms. The molecule has 1 rings (SSSR count). The van der Waals surface area contributed by atoms with Gasteiger partial charge in [-0.3, -0.25) is 0 Å². The Morgan fingerprint density at radius 2 is 2.17 bits per heavy atom. The van der Waals surface area contributed by atoms with E-state index in [1.807, 2.05) is 25.2 Å². The van der Waals surface area contributed by atoms with Crippen LogP contribution in [0, 0.1) is 0 Å². The van der Waals surface area contributed by atoms with Crippen LogP contribution in [0.5, 0.6) is 5.75 Å². The summed E-state index contributed by atoms with van der Waals surface area (Å²) in [5, 5.41) is 2.98. The Kier molecular flexibility index (Phi) is 3.54. The summed E-state index contributed by atoms with van der Waals surface area (Å²) in [5.74, 6) is 0.606. The lowest BCUT2D eigenvalue weighted by molar-refractivity contribution is 0.190. The molecule has 0 fully saturated rings. The normalized spacial score (nSPS) is 9.83. The molecule has 0 unspecified atom stereocenters. The predicted molar refractivity (Wildman–Crippen MR) is 45.8 cm³/mol. The van der Waals surface area contributed by atoms with Gasteiger partial charge in [-0.05, 0) is 13.1 Å². The molecule has 0 aliphatic heterocycles. The molecule has 12 heavy (non-hydrogen) atoms. The molecular weight excluding hydrogens is 157 g/mol. The summed E-state index contributed by atoms with van der Waals surface area (Å²) < 4.78 is 16.6. The van der Waals surface area contributed by atoms with Crippen molar-refractivity contribution in [2.75, 3.05) is 13.9 Å². The molecular formula is C9H12FNO. The van der Waals surface area contributed by atoms with Gasteiger partial charge in [-0.1, -0.05) is 18.2 Å². The molecule has 2 nitrogen and oxygen atoms in total. The van der Waals surface area contributed by atoms with Gasteiger partial charge in [0.15, 0.2) is 0 Å². The van der Waals surface area contributed by atoms with Crippen molar-refractivity contribution in [2.24, 2.45) is 0 Å². The van der Waals surface area contributed by atoms with Gasteiger partial charge in [0.1, 0.15) is 5.75 Å². The third-order valence-electron chi connectivity index (χ3n) is 1.55. The highest BCUT2D eigenvalue weighted by molar-refractivity contribution is 5.32. The van der Waals surface area contributed by atoms with E-state index in [9.17, 15) is 4.39 Å². The van der Waals surface area contributed by atoms with Crippen molar-refractivity contribution in [3.63, 3.8) is 0 Å². The van der Waals surface area contributed by atoms with E-state index in [1.165, 1.54) is 0 Å². The zero-order valence-corrected chi connectivity index (χ0v) is 7.01. The van der Waals surface area contributed by atoms with Crippen molar-refractivity contribution in [3.05, 3.63) is 29.8 Å². The third-order valence-corrected chi connectivity index (χ3v) is 1.55. The van der Waals surface area contributed by atoms with Crippen LogP contribution in [0.15, 0.2) is 24.3 Å². The minimum absolute atomic E-state index is 0.606. The number of hydrogen-bond acceptors (Lipinski definition) is 2. The van der Waals surface area contributed by atoms with Crippen LogP contribution >= 0.6 is 0 Å². The van der Waals surface area contributed by atoms with E-state index >= 15 is 0 Å². The Morgan fingerprint density at radius 3 is 2.83 bits per heavy atom. The number of para-hydroxylation sites is 1. The average Bonchev–Trinajstić information content (AvgIpc) is 2.09. The van der Waals surface area contributed by atoms with Crippen molar-refractivity contribution < 1.29 is 9.13 Å². The molecule has 1 aromatic carbocycles. The minimum atomic E-state index is -0.777. The van der Waals surface area contributed by atoms with Crippen molar-refractivity contribution in [1.29, 1.82) is 0 Å². The summed E-state index contributed by atoms with van der Waals surface area (Å²) in [6.45, 7) is -0.0864. The Bertz CT molecular complexity index is 215. The van der Waals surface area contributed by atoms with Crippen LogP contribution in [0.4, 0.5) is 4.39 Å². The average molecular weight is 169 g/mol. The van der Waals surface area contributed by atoms with E-state index in [1.54, 1.807) is 6.07 Å². The summed E-state index contributed by atoms with van der Waals surface area (Å²) in [5.41, 5.74) is 0.970. The molecule has 0 heterocycles. The lowest BCUT2D eigenvalue weighted by Gasteiger charge is -2.07. The zero-order valence-electron chi connectivity index (χ0n) is 7.01. The van der Waals surface area contributed by atoms with Gasteiger partial charge in [0, 0.05) is 12.1 Å². The summed E-state index contributed by atoms with van der Waals surface area (Å²) in [6.07, 6.45) is 0. The monoisotopic (exact) mass is 169 g/mol. The summed E-state index contributed by atoms with van der Waals surface area (Å²) in [4.78, 5) is 0. The van der Waals surface area contributed by atoms with Crippen LogP contribution in [0.25, 0.3) is 0 Å². The van der Waals surface area contributed by atoms with Crippen molar-refractivity contribution in [3.8, 4) is 5.75 Å². The molecule has 0 spiro atoms. The lowest BCUT2D eigenvalue weighted by atomic mass is 10.2. The Morgan fingerprint density at radius 1 is 1.42 bits per heavy atom. The number of benzene rings is 1. The lowest BCUT2D eigenvalue weighted by Crippen LogP contribution is -2.06. The molecule has 0 atom stereocenters. The number of nitrogens with one attached hydrogen (secondary N) is 1. The first-order valence-electron chi connectivity index (χ1n) is 3.79. The van der Waals surface area contributed by atoms with Gasteiger partial charge in [-0.15, -0.1) is 0 Å². The molecule has 0 aliphatic carbocycles. The van der Waals surface area contributed by atoms with Gasteiger partial charge in [-0.2, -0.15) is 0 Å². The summed E-state index contributed by atoms with van der Waals surface area (Å²) in [6, 6.07) is 7.38.